The Hall–Kier alpha value is -1.30. The van der Waals surface area contributed by atoms with Gasteiger partial charge < -0.3 is 5.32 Å². The molecule has 0 fully saturated rings. The summed E-state index contributed by atoms with van der Waals surface area (Å²) in [5, 5.41) is 6.45. The van der Waals surface area contributed by atoms with Gasteiger partial charge in [-0.3, -0.25) is 4.40 Å². The Morgan fingerprint density at radius 1 is 1.35 bits per heavy atom. The van der Waals surface area contributed by atoms with Crippen LogP contribution in [-0.4, -0.2) is 16.4 Å². The summed E-state index contributed by atoms with van der Waals surface area (Å²) in [6.07, 6.45) is 2.09. The third kappa shape index (κ3) is 2.61. The van der Waals surface area contributed by atoms with Gasteiger partial charge in [0.05, 0.1) is 5.69 Å². The molecule has 3 aromatic rings. The molecule has 0 unspecified atom stereocenters. The van der Waals surface area contributed by atoms with Crippen molar-refractivity contribution in [1.29, 1.82) is 0 Å². The Labute approximate surface area is 127 Å². The SMILES string of the molecule is CNCc1c(SCc2ccccc2C)nc2sccn12. The molecule has 0 atom stereocenters. The fourth-order valence-electron chi connectivity index (χ4n) is 2.17. The molecule has 0 radical (unpaired) electrons. The molecule has 0 aliphatic rings. The number of aromatic nitrogens is 2. The van der Waals surface area contributed by atoms with Crippen molar-refractivity contribution in [3.05, 3.63) is 52.7 Å². The van der Waals surface area contributed by atoms with E-state index in [1.54, 1.807) is 11.3 Å². The molecule has 1 aromatic carbocycles. The van der Waals surface area contributed by atoms with Crippen LogP contribution in [0.3, 0.4) is 0 Å². The summed E-state index contributed by atoms with van der Waals surface area (Å²) in [5.74, 6) is 0.966. The first kappa shape index (κ1) is 13.7. The Morgan fingerprint density at radius 2 is 2.20 bits per heavy atom. The number of rotatable bonds is 5. The molecule has 1 N–H and O–H groups in total. The van der Waals surface area contributed by atoms with Crippen LogP contribution in [0.1, 0.15) is 16.8 Å². The molecule has 3 rings (SSSR count). The number of hydrogen-bond acceptors (Lipinski definition) is 4. The van der Waals surface area contributed by atoms with Gasteiger partial charge in [-0.2, -0.15) is 0 Å². The summed E-state index contributed by atoms with van der Waals surface area (Å²) in [4.78, 5) is 5.81. The molecular formula is C15H17N3S2. The summed E-state index contributed by atoms with van der Waals surface area (Å²) in [6, 6.07) is 8.54. The molecule has 0 amide bonds. The first-order valence-corrected chi connectivity index (χ1v) is 8.42. The summed E-state index contributed by atoms with van der Waals surface area (Å²) < 4.78 is 2.18. The van der Waals surface area contributed by atoms with Crippen LogP contribution >= 0.6 is 23.1 Å². The summed E-state index contributed by atoms with van der Waals surface area (Å²) >= 11 is 3.50. The number of aryl methyl sites for hydroxylation is 1. The lowest BCUT2D eigenvalue weighted by atomic mass is 10.1. The number of benzene rings is 1. The van der Waals surface area contributed by atoms with E-state index in [2.05, 4.69) is 52.5 Å². The fraction of sp³-hybridized carbons (Fsp3) is 0.267. The van der Waals surface area contributed by atoms with Gasteiger partial charge in [0, 0.05) is 23.9 Å². The van der Waals surface area contributed by atoms with Gasteiger partial charge in [0.2, 0.25) is 0 Å². The highest BCUT2D eigenvalue weighted by Crippen LogP contribution is 2.29. The molecule has 0 saturated heterocycles. The topological polar surface area (TPSA) is 29.3 Å². The van der Waals surface area contributed by atoms with Gasteiger partial charge in [-0.05, 0) is 25.1 Å². The van der Waals surface area contributed by atoms with Gasteiger partial charge in [-0.1, -0.05) is 36.0 Å². The minimum atomic E-state index is 0.841. The van der Waals surface area contributed by atoms with E-state index < -0.39 is 0 Å². The second-order valence-electron chi connectivity index (χ2n) is 4.66. The molecule has 0 bridgehead atoms. The molecule has 5 heteroatoms. The molecule has 2 heterocycles. The van der Waals surface area contributed by atoms with E-state index in [0.29, 0.717) is 0 Å². The highest BCUT2D eigenvalue weighted by Gasteiger charge is 2.13. The van der Waals surface area contributed by atoms with Gasteiger partial charge in [-0.25, -0.2) is 4.98 Å². The molecule has 104 valence electrons. The molecule has 20 heavy (non-hydrogen) atoms. The van der Waals surface area contributed by atoms with Crippen molar-refractivity contribution < 1.29 is 0 Å². The largest absolute Gasteiger partial charge is 0.314 e. The average Bonchev–Trinajstić information content (AvgIpc) is 3.01. The second kappa shape index (κ2) is 5.99. The zero-order chi connectivity index (χ0) is 13.9. The lowest BCUT2D eigenvalue weighted by Crippen LogP contribution is -2.08. The maximum absolute atomic E-state index is 4.74. The number of nitrogens with one attached hydrogen (secondary N) is 1. The number of fused-ring (bicyclic) bond motifs is 1. The Bertz CT molecular complexity index is 715. The van der Waals surface area contributed by atoms with E-state index >= 15 is 0 Å². The van der Waals surface area contributed by atoms with Crippen LogP contribution in [0.5, 0.6) is 0 Å². The number of nitrogens with zero attached hydrogens (tertiary/aromatic N) is 2. The van der Waals surface area contributed by atoms with E-state index in [1.807, 2.05) is 18.8 Å². The number of thioether (sulfide) groups is 1. The highest BCUT2D eigenvalue weighted by atomic mass is 32.2. The van der Waals surface area contributed by atoms with E-state index in [-0.39, 0.29) is 0 Å². The number of hydrogen-bond donors (Lipinski definition) is 1. The van der Waals surface area contributed by atoms with Crippen LogP contribution in [0.15, 0.2) is 40.9 Å². The van der Waals surface area contributed by atoms with Gasteiger partial charge >= 0.3 is 0 Å². The fourth-order valence-corrected chi connectivity index (χ4v) is 4.07. The Kier molecular flexibility index (Phi) is 4.10. The van der Waals surface area contributed by atoms with Gasteiger partial charge in [0.15, 0.2) is 4.96 Å². The minimum absolute atomic E-state index is 0.841. The van der Waals surface area contributed by atoms with Crippen LogP contribution in [-0.2, 0) is 12.3 Å². The first-order valence-electron chi connectivity index (χ1n) is 6.56. The van der Waals surface area contributed by atoms with Gasteiger partial charge in [-0.15, -0.1) is 11.3 Å². The van der Waals surface area contributed by atoms with Crippen molar-refractivity contribution in [3.8, 4) is 0 Å². The Balaban J connectivity index is 1.85. The van der Waals surface area contributed by atoms with Crippen molar-refractivity contribution in [2.75, 3.05) is 7.05 Å². The smallest absolute Gasteiger partial charge is 0.194 e. The average molecular weight is 303 g/mol. The normalized spacial score (nSPS) is 11.3. The predicted octanol–water partition coefficient (Wildman–Crippen LogP) is 3.72. The number of thiazole rings is 1. The molecule has 0 saturated carbocycles. The number of imidazole rings is 1. The van der Waals surface area contributed by atoms with Crippen LogP contribution in [0.25, 0.3) is 4.96 Å². The van der Waals surface area contributed by atoms with E-state index in [1.165, 1.54) is 16.8 Å². The van der Waals surface area contributed by atoms with Crippen LogP contribution in [0, 0.1) is 6.92 Å². The third-order valence-electron chi connectivity index (χ3n) is 3.29. The molecule has 0 spiro atoms. The van der Waals surface area contributed by atoms with E-state index in [4.69, 9.17) is 4.98 Å². The van der Waals surface area contributed by atoms with Crippen molar-refractivity contribution >= 4 is 28.1 Å². The van der Waals surface area contributed by atoms with E-state index in [0.717, 1.165) is 22.3 Å². The third-order valence-corrected chi connectivity index (χ3v) is 5.11. The van der Waals surface area contributed by atoms with Crippen LogP contribution in [0.2, 0.25) is 0 Å². The van der Waals surface area contributed by atoms with Crippen molar-refractivity contribution in [3.63, 3.8) is 0 Å². The maximum Gasteiger partial charge on any atom is 0.194 e. The van der Waals surface area contributed by atoms with E-state index in [9.17, 15) is 0 Å². The molecule has 0 aliphatic heterocycles. The highest BCUT2D eigenvalue weighted by molar-refractivity contribution is 7.98. The van der Waals surface area contributed by atoms with Crippen molar-refractivity contribution in [2.24, 2.45) is 0 Å². The lowest BCUT2D eigenvalue weighted by Gasteiger charge is -2.06. The Morgan fingerprint density at radius 3 is 3.00 bits per heavy atom. The first-order chi connectivity index (χ1) is 9.79. The molecule has 2 aromatic heterocycles. The zero-order valence-corrected chi connectivity index (χ0v) is 13.2. The second-order valence-corrected chi connectivity index (χ2v) is 6.50. The molecule has 0 aliphatic carbocycles. The minimum Gasteiger partial charge on any atom is -0.314 e. The van der Waals surface area contributed by atoms with Crippen molar-refractivity contribution in [1.82, 2.24) is 14.7 Å². The predicted molar refractivity (Wildman–Crippen MR) is 86.6 cm³/mol. The molecule has 3 nitrogen and oxygen atoms in total. The lowest BCUT2D eigenvalue weighted by molar-refractivity contribution is 0.765. The summed E-state index contributed by atoms with van der Waals surface area (Å²) in [7, 11) is 1.97. The quantitative estimate of drug-likeness (QED) is 0.729. The standard InChI is InChI=1S/C15H17N3S2/c1-11-5-3-4-6-12(11)10-20-14-13(9-16-2)18-7-8-19-15(18)17-14/h3-8,16H,9-10H2,1-2H3. The monoisotopic (exact) mass is 303 g/mol. The maximum atomic E-state index is 4.74. The zero-order valence-electron chi connectivity index (χ0n) is 11.6. The van der Waals surface area contributed by atoms with Crippen molar-refractivity contribution in [2.45, 2.75) is 24.2 Å². The van der Waals surface area contributed by atoms with Gasteiger partial charge in [0.1, 0.15) is 5.03 Å². The summed E-state index contributed by atoms with van der Waals surface area (Å²) in [6.45, 7) is 3.00. The van der Waals surface area contributed by atoms with Crippen LogP contribution in [0.4, 0.5) is 0 Å². The van der Waals surface area contributed by atoms with Gasteiger partial charge in [0.25, 0.3) is 0 Å². The van der Waals surface area contributed by atoms with Crippen LogP contribution < -0.4 is 5.32 Å². The summed E-state index contributed by atoms with van der Waals surface area (Å²) in [5.41, 5.74) is 3.97. The molecular weight excluding hydrogens is 286 g/mol.